The van der Waals surface area contributed by atoms with Crippen LogP contribution in [0.4, 0.5) is 23.5 Å². The van der Waals surface area contributed by atoms with E-state index in [1.165, 1.54) is 12.8 Å². The van der Waals surface area contributed by atoms with Gasteiger partial charge in [-0.2, -0.15) is 15.0 Å². The molecular formula is C26H40N8. The Bertz CT molecular complexity index is 1040. The Kier molecular flexibility index (Phi) is 8.18. The van der Waals surface area contributed by atoms with E-state index in [9.17, 15) is 0 Å². The first-order chi connectivity index (χ1) is 16.1. The summed E-state index contributed by atoms with van der Waals surface area (Å²) in [7, 11) is 2.02. The number of hydrogen-bond acceptors (Lipinski definition) is 8. The van der Waals surface area contributed by atoms with Crippen LogP contribution in [0.15, 0.2) is 30.5 Å². The topological polar surface area (TPSA) is 104 Å². The Hall–Kier alpha value is -3.09. The van der Waals surface area contributed by atoms with Gasteiger partial charge in [0.15, 0.2) is 0 Å². The van der Waals surface area contributed by atoms with Crippen LogP contribution in [0.25, 0.3) is 5.70 Å². The Labute approximate surface area is 204 Å². The predicted octanol–water partition coefficient (Wildman–Crippen LogP) is 4.43. The summed E-state index contributed by atoms with van der Waals surface area (Å²) in [6.07, 6.45) is 3.42. The molecule has 1 fully saturated rings. The lowest BCUT2D eigenvalue weighted by molar-refractivity contribution is 0.416. The molecule has 0 bridgehead atoms. The summed E-state index contributed by atoms with van der Waals surface area (Å²) in [6, 6.07) is 6.76. The van der Waals surface area contributed by atoms with Gasteiger partial charge in [-0.1, -0.05) is 52.8 Å². The first-order valence-corrected chi connectivity index (χ1v) is 12.1. The zero-order valence-electron chi connectivity index (χ0n) is 21.5. The number of nitrogens with zero attached hydrogens (tertiary/aromatic N) is 4. The van der Waals surface area contributed by atoms with Crippen molar-refractivity contribution in [1.82, 2.24) is 20.3 Å². The molecule has 0 radical (unpaired) electrons. The van der Waals surface area contributed by atoms with Gasteiger partial charge in [-0.3, -0.25) is 0 Å². The minimum absolute atomic E-state index is 0.102. The van der Waals surface area contributed by atoms with Crippen molar-refractivity contribution in [2.75, 3.05) is 35.7 Å². The van der Waals surface area contributed by atoms with Crippen molar-refractivity contribution in [3.05, 3.63) is 41.6 Å². The van der Waals surface area contributed by atoms with E-state index in [2.05, 4.69) is 60.9 Å². The summed E-state index contributed by atoms with van der Waals surface area (Å²) >= 11 is 0. The van der Waals surface area contributed by atoms with E-state index < -0.39 is 0 Å². The third-order valence-corrected chi connectivity index (χ3v) is 5.85. The van der Waals surface area contributed by atoms with Crippen LogP contribution in [0.5, 0.6) is 0 Å². The van der Waals surface area contributed by atoms with Crippen molar-refractivity contribution in [1.29, 1.82) is 0 Å². The van der Waals surface area contributed by atoms with Crippen LogP contribution in [0.3, 0.4) is 0 Å². The second-order valence-corrected chi connectivity index (χ2v) is 10.4. The molecule has 0 aliphatic carbocycles. The van der Waals surface area contributed by atoms with E-state index >= 15 is 0 Å². The Morgan fingerprint density at radius 1 is 1.26 bits per heavy atom. The van der Waals surface area contributed by atoms with Crippen molar-refractivity contribution in [3.8, 4) is 0 Å². The molecule has 0 saturated carbocycles. The molecule has 1 aromatic carbocycles. The lowest BCUT2D eigenvalue weighted by Gasteiger charge is -2.27. The molecular weight excluding hydrogens is 424 g/mol. The highest BCUT2D eigenvalue weighted by Crippen LogP contribution is 2.25. The summed E-state index contributed by atoms with van der Waals surface area (Å²) in [6.45, 7) is 16.2. The summed E-state index contributed by atoms with van der Waals surface area (Å²) in [5.41, 5.74) is 12.2. The lowest BCUT2D eigenvalue weighted by Crippen LogP contribution is -2.31. The highest BCUT2D eigenvalue weighted by Gasteiger charge is 2.25. The smallest absolute Gasteiger partial charge is 0.233 e. The molecule has 2 heterocycles. The molecule has 2 aromatic rings. The summed E-state index contributed by atoms with van der Waals surface area (Å²) in [5, 5.41) is 10.5. The van der Waals surface area contributed by atoms with Crippen LogP contribution in [-0.4, -0.2) is 47.2 Å². The fourth-order valence-corrected chi connectivity index (χ4v) is 4.26. The van der Waals surface area contributed by atoms with Crippen molar-refractivity contribution in [3.63, 3.8) is 0 Å². The predicted molar refractivity (Wildman–Crippen MR) is 142 cm³/mol. The zero-order chi connectivity index (χ0) is 24.9. The fourth-order valence-electron chi connectivity index (χ4n) is 4.26. The zero-order valence-corrected chi connectivity index (χ0v) is 21.5. The number of aromatic nitrogens is 3. The maximum atomic E-state index is 6.03. The van der Waals surface area contributed by atoms with Gasteiger partial charge in [0.1, 0.15) is 0 Å². The van der Waals surface area contributed by atoms with Gasteiger partial charge in [-0.15, -0.1) is 5.73 Å². The van der Waals surface area contributed by atoms with Crippen LogP contribution < -0.4 is 26.6 Å². The number of rotatable bonds is 9. The van der Waals surface area contributed by atoms with Gasteiger partial charge in [0.25, 0.3) is 0 Å². The molecule has 8 nitrogen and oxygen atoms in total. The van der Waals surface area contributed by atoms with Crippen molar-refractivity contribution in [2.24, 2.45) is 11.1 Å². The number of benzene rings is 1. The standard InChI is InChI=1S/C26H40N8/c1-8-10-19-14-20(15-28-19)29-23-31-24(33-25(32-23)34(7)16-26(4,5)6)30-22-13-18(21(27)9-2)12-11-17(22)3/h11-13,19-20,28H,2,8,10,14-16,27H2,1,3-7H3,(H2,29,30,31,32,33)/t19-,20-/m1/s1. The quantitative estimate of drug-likeness (QED) is 0.404. The van der Waals surface area contributed by atoms with E-state index in [4.69, 9.17) is 20.7 Å². The average Bonchev–Trinajstić information content (AvgIpc) is 3.20. The molecule has 2 atom stereocenters. The van der Waals surface area contributed by atoms with Crippen LogP contribution in [0.2, 0.25) is 0 Å². The molecule has 1 saturated heterocycles. The molecule has 0 unspecified atom stereocenters. The van der Waals surface area contributed by atoms with E-state index in [1.807, 2.05) is 32.2 Å². The number of nitrogens with two attached hydrogens (primary N) is 1. The first kappa shape index (κ1) is 25.5. The lowest BCUT2D eigenvalue weighted by atomic mass is 9.96. The number of aryl methyl sites for hydroxylation is 1. The number of anilines is 4. The largest absolute Gasteiger partial charge is 0.392 e. The van der Waals surface area contributed by atoms with Crippen LogP contribution in [0, 0.1) is 12.3 Å². The van der Waals surface area contributed by atoms with Gasteiger partial charge in [0.05, 0.1) is 5.70 Å². The molecule has 184 valence electrons. The van der Waals surface area contributed by atoms with Crippen molar-refractivity contribution in [2.45, 2.75) is 66.0 Å². The molecule has 3 rings (SSSR count). The monoisotopic (exact) mass is 464 g/mol. The average molecular weight is 465 g/mol. The van der Waals surface area contributed by atoms with Crippen molar-refractivity contribution < 1.29 is 0 Å². The molecule has 1 aliphatic rings. The molecule has 5 N–H and O–H groups in total. The highest BCUT2D eigenvalue weighted by molar-refractivity contribution is 5.70. The Morgan fingerprint density at radius 2 is 2.00 bits per heavy atom. The van der Waals surface area contributed by atoms with E-state index in [1.54, 1.807) is 0 Å². The normalized spacial score (nSPS) is 17.8. The summed E-state index contributed by atoms with van der Waals surface area (Å²) < 4.78 is 0. The summed E-state index contributed by atoms with van der Waals surface area (Å²) in [5.74, 6) is 1.70. The van der Waals surface area contributed by atoms with Gasteiger partial charge >= 0.3 is 0 Å². The molecule has 1 aliphatic heterocycles. The second kappa shape index (κ2) is 10.9. The molecule has 34 heavy (non-hydrogen) atoms. The van der Waals surface area contributed by atoms with Gasteiger partial charge in [-0.05, 0) is 36.8 Å². The van der Waals surface area contributed by atoms with Crippen LogP contribution in [0.1, 0.15) is 58.1 Å². The second-order valence-electron chi connectivity index (χ2n) is 10.4. The number of nitrogens with one attached hydrogen (secondary N) is 3. The maximum absolute atomic E-state index is 6.03. The van der Waals surface area contributed by atoms with Gasteiger partial charge in [0, 0.05) is 43.5 Å². The molecule has 0 amide bonds. The maximum Gasteiger partial charge on any atom is 0.233 e. The third-order valence-electron chi connectivity index (χ3n) is 5.85. The minimum atomic E-state index is 0.102. The van der Waals surface area contributed by atoms with E-state index in [0.717, 1.165) is 36.3 Å². The number of hydrogen-bond donors (Lipinski definition) is 4. The first-order valence-electron chi connectivity index (χ1n) is 12.1. The molecule has 1 aromatic heterocycles. The summed E-state index contributed by atoms with van der Waals surface area (Å²) in [4.78, 5) is 16.3. The Morgan fingerprint density at radius 3 is 2.68 bits per heavy atom. The van der Waals surface area contributed by atoms with Crippen molar-refractivity contribution >= 4 is 29.2 Å². The molecule has 8 heteroatoms. The van der Waals surface area contributed by atoms with Gasteiger partial charge < -0.3 is 26.6 Å². The molecule has 0 spiro atoms. The third kappa shape index (κ3) is 6.95. The van der Waals surface area contributed by atoms with E-state index in [0.29, 0.717) is 29.6 Å². The highest BCUT2D eigenvalue weighted by atomic mass is 15.3. The van der Waals surface area contributed by atoms with Crippen LogP contribution in [-0.2, 0) is 0 Å². The fraction of sp³-hybridized carbons (Fsp3) is 0.538. The van der Waals surface area contributed by atoms with Crippen LogP contribution >= 0.6 is 0 Å². The Balaban J connectivity index is 1.90. The van der Waals surface area contributed by atoms with E-state index in [-0.39, 0.29) is 11.5 Å². The SMILES string of the molecule is C=C=C(N)c1ccc(C)c(Nc2nc(N[C@H]3CN[C@H](CCC)C3)nc(N(C)CC(C)(C)C)n2)c1. The van der Waals surface area contributed by atoms with Gasteiger partial charge in [0.2, 0.25) is 17.8 Å². The minimum Gasteiger partial charge on any atom is -0.392 e. The van der Waals surface area contributed by atoms with Gasteiger partial charge in [-0.25, -0.2) is 0 Å².